The molecule has 0 amide bonds. The van der Waals surface area contributed by atoms with Crippen molar-refractivity contribution in [1.29, 1.82) is 0 Å². The summed E-state index contributed by atoms with van der Waals surface area (Å²) in [5.74, 6) is 1.09. The summed E-state index contributed by atoms with van der Waals surface area (Å²) in [6.45, 7) is 4.92. The Morgan fingerprint density at radius 1 is 1.24 bits per heavy atom. The van der Waals surface area contributed by atoms with Gasteiger partial charge in [-0.05, 0) is 25.1 Å². The largest absolute Gasteiger partial charge is 0.461 e. The van der Waals surface area contributed by atoms with Crippen LogP contribution in [0.4, 0.5) is 0 Å². The number of aryl methyl sites for hydroxylation is 2. The van der Waals surface area contributed by atoms with Crippen LogP contribution < -0.4 is 5.32 Å². The van der Waals surface area contributed by atoms with E-state index in [0.717, 1.165) is 43.8 Å². The third kappa shape index (κ3) is 3.16. The van der Waals surface area contributed by atoms with Gasteiger partial charge in [-0.1, -0.05) is 25.1 Å². The fourth-order valence-electron chi connectivity index (χ4n) is 2.64. The van der Waals surface area contributed by atoms with Gasteiger partial charge in [0, 0.05) is 42.9 Å². The molecule has 3 aromatic rings. The highest BCUT2D eigenvalue weighted by molar-refractivity contribution is 5.82. The van der Waals surface area contributed by atoms with Gasteiger partial charge in [0.25, 0.3) is 0 Å². The number of para-hydroxylation sites is 1. The Morgan fingerprint density at radius 2 is 2.14 bits per heavy atom. The Hall–Kier alpha value is -2.07. The second-order valence-electron chi connectivity index (χ2n) is 5.15. The minimum atomic E-state index is 0.860. The van der Waals surface area contributed by atoms with E-state index in [1.807, 2.05) is 35.3 Å². The number of hydrogen-bond donors (Lipinski definition) is 1. The summed E-state index contributed by atoms with van der Waals surface area (Å²) >= 11 is 0. The summed E-state index contributed by atoms with van der Waals surface area (Å²) in [6, 6.07) is 10.2. The van der Waals surface area contributed by atoms with E-state index in [9.17, 15) is 0 Å². The molecule has 2 heterocycles. The molecule has 1 aromatic carbocycles. The zero-order valence-electron chi connectivity index (χ0n) is 12.4. The number of rotatable bonds is 7. The molecule has 0 spiro atoms. The van der Waals surface area contributed by atoms with Crippen LogP contribution in [0.25, 0.3) is 11.0 Å². The molecule has 2 aromatic heterocycles. The van der Waals surface area contributed by atoms with Crippen LogP contribution in [0.5, 0.6) is 0 Å². The molecule has 0 aliphatic heterocycles. The summed E-state index contributed by atoms with van der Waals surface area (Å²) in [5, 5.41) is 8.95. The Bertz CT molecular complexity index is 685. The van der Waals surface area contributed by atoms with E-state index in [2.05, 4.69) is 29.5 Å². The molecule has 4 heteroatoms. The van der Waals surface area contributed by atoms with Gasteiger partial charge in [0.1, 0.15) is 11.3 Å². The molecule has 1 N–H and O–H groups in total. The topological polar surface area (TPSA) is 43.0 Å². The molecule has 0 aliphatic carbocycles. The molecule has 3 rings (SSSR count). The molecule has 21 heavy (non-hydrogen) atoms. The minimum absolute atomic E-state index is 0.860. The van der Waals surface area contributed by atoms with Gasteiger partial charge >= 0.3 is 0 Å². The van der Waals surface area contributed by atoms with Gasteiger partial charge in [-0.25, -0.2) is 0 Å². The fourth-order valence-corrected chi connectivity index (χ4v) is 2.64. The summed E-state index contributed by atoms with van der Waals surface area (Å²) in [7, 11) is 0. The lowest BCUT2D eigenvalue weighted by Crippen LogP contribution is -2.17. The van der Waals surface area contributed by atoms with Crippen molar-refractivity contribution >= 4 is 11.0 Å². The number of benzene rings is 1. The van der Waals surface area contributed by atoms with Gasteiger partial charge < -0.3 is 9.73 Å². The van der Waals surface area contributed by atoms with Crippen LogP contribution in [0.2, 0.25) is 0 Å². The maximum absolute atomic E-state index is 5.91. The lowest BCUT2D eigenvalue weighted by Gasteiger charge is -2.05. The van der Waals surface area contributed by atoms with Gasteiger partial charge in [-0.15, -0.1) is 0 Å². The lowest BCUT2D eigenvalue weighted by molar-refractivity contribution is 0.527. The molecule has 0 saturated carbocycles. The van der Waals surface area contributed by atoms with Crippen molar-refractivity contribution in [2.24, 2.45) is 0 Å². The van der Waals surface area contributed by atoms with Crippen molar-refractivity contribution in [3.63, 3.8) is 0 Å². The van der Waals surface area contributed by atoms with Crippen molar-refractivity contribution in [1.82, 2.24) is 15.1 Å². The van der Waals surface area contributed by atoms with Crippen LogP contribution in [0.15, 0.2) is 47.1 Å². The number of nitrogens with one attached hydrogen (secondary N) is 1. The molecule has 0 aliphatic rings. The maximum Gasteiger partial charge on any atom is 0.134 e. The second kappa shape index (κ2) is 6.59. The highest BCUT2D eigenvalue weighted by Gasteiger charge is 2.11. The smallest absolute Gasteiger partial charge is 0.134 e. The minimum Gasteiger partial charge on any atom is -0.461 e. The average Bonchev–Trinajstić information content (AvgIpc) is 3.14. The monoisotopic (exact) mass is 283 g/mol. The Morgan fingerprint density at radius 3 is 2.95 bits per heavy atom. The maximum atomic E-state index is 5.91. The quantitative estimate of drug-likeness (QED) is 0.676. The first-order valence-corrected chi connectivity index (χ1v) is 7.56. The van der Waals surface area contributed by atoms with Gasteiger partial charge in [0.15, 0.2) is 0 Å². The normalized spacial score (nSPS) is 11.3. The highest BCUT2D eigenvalue weighted by atomic mass is 16.3. The van der Waals surface area contributed by atoms with Crippen molar-refractivity contribution in [3.8, 4) is 0 Å². The first-order valence-electron chi connectivity index (χ1n) is 7.56. The zero-order valence-corrected chi connectivity index (χ0v) is 12.4. The summed E-state index contributed by atoms with van der Waals surface area (Å²) < 4.78 is 7.87. The number of aromatic nitrogens is 2. The van der Waals surface area contributed by atoms with Crippen LogP contribution in [-0.4, -0.2) is 16.3 Å². The molecule has 110 valence electrons. The van der Waals surface area contributed by atoms with E-state index in [1.165, 1.54) is 10.9 Å². The molecule has 0 radical (unpaired) electrons. The molecule has 4 nitrogen and oxygen atoms in total. The van der Waals surface area contributed by atoms with E-state index >= 15 is 0 Å². The third-order valence-corrected chi connectivity index (χ3v) is 3.70. The molecular weight excluding hydrogens is 262 g/mol. The van der Waals surface area contributed by atoms with Crippen LogP contribution in [0.1, 0.15) is 24.7 Å². The van der Waals surface area contributed by atoms with Crippen LogP contribution >= 0.6 is 0 Å². The summed E-state index contributed by atoms with van der Waals surface area (Å²) in [5.41, 5.74) is 2.29. The fraction of sp³-hybridized carbons (Fsp3) is 0.353. The average molecular weight is 283 g/mol. The Labute approximate surface area is 124 Å². The van der Waals surface area contributed by atoms with Crippen molar-refractivity contribution < 1.29 is 4.42 Å². The van der Waals surface area contributed by atoms with E-state index in [4.69, 9.17) is 4.42 Å². The highest BCUT2D eigenvalue weighted by Crippen LogP contribution is 2.26. The first kappa shape index (κ1) is 13.9. The third-order valence-electron chi connectivity index (χ3n) is 3.70. The van der Waals surface area contributed by atoms with Gasteiger partial charge in [0.2, 0.25) is 0 Å². The number of hydrogen-bond acceptors (Lipinski definition) is 3. The number of furan rings is 1. The SMILES string of the molecule is CCc1oc2ccccc2c1CNCCCn1cccn1. The van der Waals surface area contributed by atoms with Crippen molar-refractivity contribution in [3.05, 3.63) is 54.0 Å². The second-order valence-corrected chi connectivity index (χ2v) is 5.15. The zero-order chi connectivity index (χ0) is 14.5. The van der Waals surface area contributed by atoms with Crippen molar-refractivity contribution in [2.75, 3.05) is 6.54 Å². The Kier molecular flexibility index (Phi) is 4.36. The van der Waals surface area contributed by atoms with Crippen LogP contribution in [0, 0.1) is 0 Å². The summed E-state index contributed by atoms with van der Waals surface area (Å²) in [6.07, 6.45) is 5.81. The van der Waals surface area contributed by atoms with Crippen LogP contribution in [0.3, 0.4) is 0 Å². The van der Waals surface area contributed by atoms with E-state index in [0.29, 0.717) is 0 Å². The standard InChI is InChI=1S/C17H21N3O/c1-2-16-15(14-7-3-4-8-17(14)21-16)13-18-9-5-11-20-12-6-10-19-20/h3-4,6-8,10,12,18H,2,5,9,11,13H2,1H3. The van der Waals surface area contributed by atoms with E-state index < -0.39 is 0 Å². The van der Waals surface area contributed by atoms with Gasteiger partial charge in [-0.3, -0.25) is 4.68 Å². The molecule has 0 atom stereocenters. The van der Waals surface area contributed by atoms with Crippen molar-refractivity contribution in [2.45, 2.75) is 32.9 Å². The molecule has 0 unspecified atom stereocenters. The molecule has 0 saturated heterocycles. The van der Waals surface area contributed by atoms with Crippen LogP contribution in [-0.2, 0) is 19.5 Å². The first-order chi connectivity index (χ1) is 10.4. The molecule has 0 bridgehead atoms. The molecule has 0 fully saturated rings. The number of nitrogens with zero attached hydrogens (tertiary/aromatic N) is 2. The van der Waals surface area contributed by atoms with E-state index in [-0.39, 0.29) is 0 Å². The molecular formula is C17H21N3O. The predicted octanol–water partition coefficient (Wildman–Crippen LogP) is 3.37. The lowest BCUT2D eigenvalue weighted by atomic mass is 10.1. The van der Waals surface area contributed by atoms with E-state index in [1.54, 1.807) is 0 Å². The van der Waals surface area contributed by atoms with Gasteiger partial charge in [-0.2, -0.15) is 5.10 Å². The predicted molar refractivity (Wildman–Crippen MR) is 84.1 cm³/mol. The summed E-state index contributed by atoms with van der Waals surface area (Å²) in [4.78, 5) is 0. The van der Waals surface area contributed by atoms with Gasteiger partial charge in [0.05, 0.1) is 0 Å². The number of fused-ring (bicyclic) bond motifs is 1. The Balaban J connectivity index is 1.57.